The van der Waals surface area contributed by atoms with Gasteiger partial charge in [0.25, 0.3) is 0 Å². The van der Waals surface area contributed by atoms with Gasteiger partial charge in [0.05, 0.1) is 5.56 Å². The average Bonchev–Trinajstić information content (AvgIpc) is 2.52. The molecule has 0 bridgehead atoms. The van der Waals surface area contributed by atoms with Crippen LogP contribution >= 0.6 is 11.8 Å². The molecule has 2 N–H and O–H groups in total. The summed E-state index contributed by atoms with van der Waals surface area (Å²) in [6.07, 6.45) is -0.521. The van der Waals surface area contributed by atoms with E-state index in [1.807, 2.05) is 6.07 Å². The Morgan fingerprint density at radius 1 is 1.32 bits per heavy atom. The molecule has 0 spiro atoms. The van der Waals surface area contributed by atoms with Crippen LogP contribution in [0.4, 0.5) is 0 Å². The first-order valence-corrected chi connectivity index (χ1v) is 8.06. The summed E-state index contributed by atoms with van der Waals surface area (Å²) in [6, 6.07) is 8.68. The van der Waals surface area contributed by atoms with E-state index in [0.717, 1.165) is 5.75 Å². The normalized spacial score (nSPS) is 11.5. The van der Waals surface area contributed by atoms with E-state index in [1.165, 1.54) is 0 Å². The van der Waals surface area contributed by atoms with Gasteiger partial charge in [0, 0.05) is 23.6 Å². The van der Waals surface area contributed by atoms with Gasteiger partial charge in [0.2, 0.25) is 0 Å². The van der Waals surface area contributed by atoms with E-state index in [2.05, 4.69) is 6.58 Å². The Morgan fingerprint density at radius 2 is 2.00 bits per heavy atom. The number of esters is 2. The van der Waals surface area contributed by atoms with Crippen LogP contribution in [0.1, 0.15) is 17.3 Å². The van der Waals surface area contributed by atoms with E-state index in [0.29, 0.717) is 23.4 Å². The fraction of sp³-hybridized carbons (Fsp3) is 0.375. The van der Waals surface area contributed by atoms with Gasteiger partial charge < -0.3 is 15.2 Å². The van der Waals surface area contributed by atoms with E-state index < -0.39 is 18.0 Å². The molecule has 6 heteroatoms. The van der Waals surface area contributed by atoms with Crippen molar-refractivity contribution in [2.45, 2.75) is 13.0 Å². The highest BCUT2D eigenvalue weighted by atomic mass is 32.2. The summed E-state index contributed by atoms with van der Waals surface area (Å²) in [5, 5.41) is 0. The van der Waals surface area contributed by atoms with Crippen molar-refractivity contribution in [2.75, 3.05) is 24.7 Å². The molecule has 0 aromatic heterocycles. The molecule has 1 rings (SSSR count). The molecular weight excluding hydrogens is 302 g/mol. The Labute approximate surface area is 134 Å². The zero-order valence-corrected chi connectivity index (χ0v) is 13.4. The number of carbonyl (C=O) groups is 2. The molecule has 0 amide bonds. The third-order valence-corrected chi connectivity index (χ3v) is 3.73. The lowest BCUT2D eigenvalue weighted by Crippen LogP contribution is -2.28. The van der Waals surface area contributed by atoms with E-state index in [4.69, 9.17) is 15.2 Å². The Balaban J connectivity index is 2.58. The maximum atomic E-state index is 12.1. The third-order valence-electron chi connectivity index (χ3n) is 2.60. The summed E-state index contributed by atoms with van der Waals surface area (Å²) in [4.78, 5) is 23.5. The maximum absolute atomic E-state index is 12.1. The van der Waals surface area contributed by atoms with Crippen LogP contribution in [0, 0.1) is 0 Å². The van der Waals surface area contributed by atoms with Crippen LogP contribution in [0.3, 0.4) is 0 Å². The SMILES string of the molecule is C=C(C)C(=O)OCC(CSCCN)OC(=O)c1ccccc1. The van der Waals surface area contributed by atoms with Crippen molar-refractivity contribution >= 4 is 23.7 Å². The number of hydrogen-bond acceptors (Lipinski definition) is 6. The van der Waals surface area contributed by atoms with Gasteiger partial charge in [0.15, 0.2) is 0 Å². The van der Waals surface area contributed by atoms with Crippen LogP contribution in [0.5, 0.6) is 0 Å². The molecule has 0 aliphatic rings. The van der Waals surface area contributed by atoms with Crippen molar-refractivity contribution in [3.63, 3.8) is 0 Å². The average molecular weight is 323 g/mol. The van der Waals surface area contributed by atoms with Crippen molar-refractivity contribution < 1.29 is 19.1 Å². The van der Waals surface area contributed by atoms with Crippen LogP contribution in [0.2, 0.25) is 0 Å². The minimum absolute atomic E-state index is 0.00182. The molecule has 0 fully saturated rings. The van der Waals surface area contributed by atoms with Crippen LogP contribution in [0.15, 0.2) is 42.5 Å². The second kappa shape index (κ2) is 10.0. The summed E-state index contributed by atoms with van der Waals surface area (Å²) < 4.78 is 10.5. The number of benzene rings is 1. The smallest absolute Gasteiger partial charge is 0.338 e. The van der Waals surface area contributed by atoms with Gasteiger partial charge in [-0.05, 0) is 19.1 Å². The highest BCUT2D eigenvalue weighted by Gasteiger charge is 2.18. The molecule has 0 aliphatic heterocycles. The van der Waals surface area contributed by atoms with Gasteiger partial charge in [0.1, 0.15) is 12.7 Å². The molecule has 120 valence electrons. The zero-order chi connectivity index (χ0) is 16.4. The highest BCUT2D eigenvalue weighted by molar-refractivity contribution is 7.99. The van der Waals surface area contributed by atoms with Gasteiger partial charge in [-0.25, -0.2) is 9.59 Å². The van der Waals surface area contributed by atoms with Crippen LogP contribution in [0.25, 0.3) is 0 Å². The molecule has 22 heavy (non-hydrogen) atoms. The summed E-state index contributed by atoms with van der Waals surface area (Å²) in [5.74, 6) is 0.322. The number of nitrogens with two attached hydrogens (primary N) is 1. The molecule has 0 radical (unpaired) electrons. The number of hydrogen-bond donors (Lipinski definition) is 1. The predicted molar refractivity (Wildman–Crippen MR) is 87.8 cm³/mol. The summed E-state index contributed by atoms with van der Waals surface area (Å²) in [6.45, 7) is 5.62. The first-order chi connectivity index (χ1) is 10.5. The topological polar surface area (TPSA) is 78.6 Å². The molecule has 1 atom stereocenters. The van der Waals surface area contributed by atoms with E-state index in [-0.39, 0.29) is 6.61 Å². The molecule has 1 unspecified atom stereocenters. The quantitative estimate of drug-likeness (QED) is 0.425. The number of rotatable bonds is 9. The molecule has 1 aromatic rings. The lowest BCUT2D eigenvalue weighted by atomic mass is 10.2. The van der Waals surface area contributed by atoms with Gasteiger partial charge in [-0.15, -0.1) is 0 Å². The van der Waals surface area contributed by atoms with Crippen molar-refractivity contribution in [3.05, 3.63) is 48.0 Å². The fourth-order valence-electron chi connectivity index (χ4n) is 1.50. The Hall–Kier alpha value is -1.79. The number of thioether (sulfide) groups is 1. The molecule has 0 aliphatic carbocycles. The van der Waals surface area contributed by atoms with Crippen LogP contribution in [-0.2, 0) is 14.3 Å². The van der Waals surface area contributed by atoms with E-state index >= 15 is 0 Å². The predicted octanol–water partition coefficient (Wildman–Crippen LogP) is 2.02. The molecular formula is C16H21NO4S. The third kappa shape index (κ3) is 6.78. The van der Waals surface area contributed by atoms with E-state index in [9.17, 15) is 9.59 Å². The van der Waals surface area contributed by atoms with Gasteiger partial charge >= 0.3 is 11.9 Å². The van der Waals surface area contributed by atoms with Crippen LogP contribution < -0.4 is 5.73 Å². The van der Waals surface area contributed by atoms with Crippen molar-refractivity contribution in [1.29, 1.82) is 0 Å². The Kier molecular flexibility index (Phi) is 8.32. The lowest BCUT2D eigenvalue weighted by molar-refractivity contribution is -0.141. The van der Waals surface area contributed by atoms with E-state index in [1.54, 1.807) is 43.0 Å². The molecule has 0 saturated heterocycles. The van der Waals surface area contributed by atoms with Crippen molar-refractivity contribution in [3.8, 4) is 0 Å². The largest absolute Gasteiger partial charge is 0.458 e. The second-order valence-corrected chi connectivity index (χ2v) is 5.79. The fourth-order valence-corrected chi connectivity index (χ4v) is 2.26. The number of ether oxygens (including phenoxy) is 2. The Bertz CT molecular complexity index is 504. The minimum Gasteiger partial charge on any atom is -0.458 e. The first kappa shape index (κ1) is 18.3. The van der Waals surface area contributed by atoms with Gasteiger partial charge in [-0.1, -0.05) is 24.8 Å². The van der Waals surface area contributed by atoms with Gasteiger partial charge in [-0.2, -0.15) is 11.8 Å². The molecule has 0 saturated carbocycles. The van der Waals surface area contributed by atoms with Gasteiger partial charge in [-0.3, -0.25) is 0 Å². The minimum atomic E-state index is -0.521. The summed E-state index contributed by atoms with van der Waals surface area (Å²) in [5.41, 5.74) is 6.21. The number of carbonyl (C=O) groups excluding carboxylic acids is 2. The summed E-state index contributed by atoms with van der Waals surface area (Å²) in [7, 11) is 0. The zero-order valence-electron chi connectivity index (χ0n) is 12.6. The highest BCUT2D eigenvalue weighted by Crippen LogP contribution is 2.10. The van der Waals surface area contributed by atoms with Crippen molar-refractivity contribution in [2.24, 2.45) is 5.73 Å². The van der Waals surface area contributed by atoms with Crippen LogP contribution in [-0.4, -0.2) is 42.7 Å². The second-order valence-electron chi connectivity index (χ2n) is 4.64. The maximum Gasteiger partial charge on any atom is 0.338 e. The first-order valence-electron chi connectivity index (χ1n) is 6.91. The standard InChI is InChI=1S/C16H21NO4S/c1-12(2)15(18)20-10-14(11-22-9-8-17)21-16(19)13-6-4-3-5-7-13/h3-7,14H,1,8-11,17H2,2H3. The monoisotopic (exact) mass is 323 g/mol. The van der Waals surface area contributed by atoms with Crippen molar-refractivity contribution in [1.82, 2.24) is 0 Å². The lowest BCUT2D eigenvalue weighted by Gasteiger charge is -2.17. The molecule has 5 nitrogen and oxygen atoms in total. The molecule has 1 aromatic carbocycles. The Morgan fingerprint density at radius 3 is 2.59 bits per heavy atom. The summed E-state index contributed by atoms with van der Waals surface area (Å²) >= 11 is 1.54. The molecule has 0 heterocycles.